The smallest absolute Gasteiger partial charge is 0.220 e. The standard InChI is InChI=1S/C30H34ClN3O2/c1-21-19-25(20-22(2)29(21)31)36-18-10-9-17-34-27-14-8-7-13-26(27)33-30(34)23(3)32-28(35)16-15-24-11-5-4-6-12-24/h4-8,11-14,19-20,23H,9-10,15-18H2,1-3H3,(H,32,35). The fourth-order valence-electron chi connectivity index (χ4n) is 4.49. The van der Waals surface area contributed by atoms with Gasteiger partial charge in [-0.25, -0.2) is 4.98 Å². The quantitative estimate of drug-likeness (QED) is 0.225. The number of aryl methyl sites for hydroxylation is 4. The average Bonchev–Trinajstić information content (AvgIpc) is 3.25. The zero-order valence-corrected chi connectivity index (χ0v) is 22.0. The minimum Gasteiger partial charge on any atom is -0.494 e. The zero-order valence-electron chi connectivity index (χ0n) is 21.3. The van der Waals surface area contributed by atoms with E-state index in [9.17, 15) is 4.79 Å². The number of nitrogens with zero attached hydrogens (tertiary/aromatic N) is 2. The number of unbranched alkanes of at least 4 members (excludes halogenated alkanes) is 1. The van der Waals surface area contributed by atoms with Crippen LogP contribution in [0, 0.1) is 13.8 Å². The van der Waals surface area contributed by atoms with Gasteiger partial charge in [-0.3, -0.25) is 4.79 Å². The van der Waals surface area contributed by atoms with Gasteiger partial charge in [-0.05, 0) is 81.0 Å². The zero-order chi connectivity index (χ0) is 25.5. The summed E-state index contributed by atoms with van der Waals surface area (Å²) < 4.78 is 8.21. The Morgan fingerprint density at radius 3 is 2.47 bits per heavy atom. The van der Waals surface area contributed by atoms with E-state index in [0.29, 0.717) is 13.0 Å². The number of imidazole rings is 1. The van der Waals surface area contributed by atoms with Crippen LogP contribution in [0.4, 0.5) is 0 Å². The maximum atomic E-state index is 12.7. The molecule has 0 aliphatic heterocycles. The first-order valence-corrected chi connectivity index (χ1v) is 13.0. The first-order valence-electron chi connectivity index (χ1n) is 12.6. The number of ether oxygens (including phenoxy) is 1. The molecule has 0 spiro atoms. The van der Waals surface area contributed by atoms with Gasteiger partial charge in [-0.1, -0.05) is 54.1 Å². The van der Waals surface area contributed by atoms with Crippen LogP contribution in [0.1, 0.15) is 54.7 Å². The molecule has 4 rings (SSSR count). The van der Waals surface area contributed by atoms with E-state index in [0.717, 1.165) is 64.6 Å². The Hall–Kier alpha value is -3.31. The van der Waals surface area contributed by atoms with Gasteiger partial charge in [-0.15, -0.1) is 0 Å². The first kappa shape index (κ1) is 25.8. The molecule has 188 valence electrons. The summed E-state index contributed by atoms with van der Waals surface area (Å²) in [7, 11) is 0. The third-order valence-corrected chi connectivity index (χ3v) is 6.98. The molecule has 1 unspecified atom stereocenters. The largest absolute Gasteiger partial charge is 0.494 e. The fraction of sp³-hybridized carbons (Fsp3) is 0.333. The molecule has 3 aromatic carbocycles. The van der Waals surface area contributed by atoms with Crippen molar-refractivity contribution in [2.24, 2.45) is 0 Å². The Balaban J connectivity index is 1.35. The van der Waals surface area contributed by atoms with Gasteiger partial charge in [0.2, 0.25) is 5.91 Å². The highest BCUT2D eigenvalue weighted by atomic mass is 35.5. The molecule has 0 aliphatic rings. The number of benzene rings is 3. The van der Waals surface area contributed by atoms with Crippen LogP contribution in [0.5, 0.6) is 5.75 Å². The second kappa shape index (κ2) is 12.1. The van der Waals surface area contributed by atoms with E-state index < -0.39 is 0 Å². The van der Waals surface area contributed by atoms with Crippen LogP contribution in [0.2, 0.25) is 5.02 Å². The number of fused-ring (bicyclic) bond motifs is 1. The highest BCUT2D eigenvalue weighted by Crippen LogP contribution is 2.26. The monoisotopic (exact) mass is 503 g/mol. The van der Waals surface area contributed by atoms with Gasteiger partial charge < -0.3 is 14.6 Å². The van der Waals surface area contributed by atoms with Crippen molar-refractivity contribution in [3.63, 3.8) is 0 Å². The lowest BCUT2D eigenvalue weighted by atomic mass is 10.1. The molecule has 1 amide bonds. The Bertz CT molecular complexity index is 1290. The fourth-order valence-corrected chi connectivity index (χ4v) is 4.60. The van der Waals surface area contributed by atoms with E-state index in [1.54, 1.807) is 0 Å². The Morgan fingerprint density at radius 2 is 1.72 bits per heavy atom. The SMILES string of the molecule is Cc1cc(OCCCCn2c(C(C)NC(=O)CCc3ccccc3)nc3ccccc32)cc(C)c1Cl. The summed E-state index contributed by atoms with van der Waals surface area (Å²) in [6, 6.07) is 22.0. The van der Waals surface area contributed by atoms with E-state index in [2.05, 4.69) is 28.1 Å². The normalized spacial score (nSPS) is 12.0. The molecule has 1 N–H and O–H groups in total. The van der Waals surface area contributed by atoms with Crippen LogP contribution in [0.25, 0.3) is 11.0 Å². The van der Waals surface area contributed by atoms with Crippen molar-refractivity contribution < 1.29 is 9.53 Å². The Kier molecular flexibility index (Phi) is 8.65. The molecule has 1 heterocycles. The first-order chi connectivity index (χ1) is 17.4. The van der Waals surface area contributed by atoms with E-state index in [4.69, 9.17) is 21.3 Å². The lowest BCUT2D eigenvalue weighted by molar-refractivity contribution is -0.121. The molecular weight excluding hydrogens is 470 g/mol. The molecule has 6 heteroatoms. The maximum absolute atomic E-state index is 12.7. The summed E-state index contributed by atoms with van der Waals surface area (Å²) in [6.07, 6.45) is 3.02. The Morgan fingerprint density at radius 1 is 1.03 bits per heavy atom. The third-order valence-electron chi connectivity index (χ3n) is 6.39. The maximum Gasteiger partial charge on any atom is 0.220 e. The summed E-state index contributed by atoms with van der Waals surface area (Å²) in [6.45, 7) is 7.44. The predicted molar refractivity (Wildman–Crippen MR) is 147 cm³/mol. The minimum absolute atomic E-state index is 0.0342. The van der Waals surface area contributed by atoms with Crippen LogP contribution in [-0.2, 0) is 17.8 Å². The summed E-state index contributed by atoms with van der Waals surface area (Å²) >= 11 is 6.27. The van der Waals surface area contributed by atoms with Gasteiger partial charge in [0.05, 0.1) is 23.7 Å². The second-order valence-electron chi connectivity index (χ2n) is 9.31. The van der Waals surface area contributed by atoms with E-state index in [1.807, 2.05) is 69.3 Å². The van der Waals surface area contributed by atoms with Crippen LogP contribution >= 0.6 is 11.6 Å². The van der Waals surface area contributed by atoms with Gasteiger partial charge >= 0.3 is 0 Å². The van der Waals surface area contributed by atoms with Gasteiger partial charge in [0, 0.05) is 18.0 Å². The molecule has 0 aliphatic carbocycles. The number of hydrogen-bond donors (Lipinski definition) is 1. The number of amides is 1. The van der Waals surface area contributed by atoms with Crippen molar-refractivity contribution in [1.82, 2.24) is 14.9 Å². The molecule has 0 bridgehead atoms. The van der Waals surface area contributed by atoms with Crippen molar-refractivity contribution in [3.05, 3.63) is 94.3 Å². The van der Waals surface area contributed by atoms with Gasteiger partial charge in [-0.2, -0.15) is 0 Å². The highest BCUT2D eigenvalue weighted by molar-refractivity contribution is 6.32. The van der Waals surface area contributed by atoms with Crippen LogP contribution in [-0.4, -0.2) is 22.1 Å². The van der Waals surface area contributed by atoms with E-state index in [-0.39, 0.29) is 11.9 Å². The number of para-hydroxylation sites is 2. The van der Waals surface area contributed by atoms with Crippen LogP contribution < -0.4 is 10.1 Å². The molecule has 0 fully saturated rings. The van der Waals surface area contributed by atoms with Crippen molar-refractivity contribution in [2.75, 3.05) is 6.61 Å². The molecule has 1 aromatic heterocycles. The van der Waals surface area contributed by atoms with Crippen LogP contribution in [0.15, 0.2) is 66.7 Å². The molecule has 0 saturated heterocycles. The number of rotatable bonds is 11. The minimum atomic E-state index is -0.183. The van der Waals surface area contributed by atoms with Crippen LogP contribution in [0.3, 0.4) is 0 Å². The average molecular weight is 504 g/mol. The molecule has 36 heavy (non-hydrogen) atoms. The molecule has 0 radical (unpaired) electrons. The third kappa shape index (κ3) is 6.46. The van der Waals surface area contributed by atoms with E-state index >= 15 is 0 Å². The van der Waals surface area contributed by atoms with Crippen molar-refractivity contribution in [3.8, 4) is 5.75 Å². The van der Waals surface area contributed by atoms with Crippen molar-refractivity contribution >= 4 is 28.5 Å². The molecule has 5 nitrogen and oxygen atoms in total. The van der Waals surface area contributed by atoms with Gasteiger partial charge in [0.15, 0.2) is 0 Å². The highest BCUT2D eigenvalue weighted by Gasteiger charge is 2.18. The number of carbonyl (C=O) groups excluding carboxylic acids is 1. The number of halogens is 1. The Labute approximate surface area is 218 Å². The summed E-state index contributed by atoms with van der Waals surface area (Å²) in [5.41, 5.74) is 5.25. The molecular formula is C30H34ClN3O2. The number of hydrogen-bond acceptors (Lipinski definition) is 3. The van der Waals surface area contributed by atoms with E-state index in [1.165, 1.54) is 5.56 Å². The van der Waals surface area contributed by atoms with Crippen molar-refractivity contribution in [2.45, 2.75) is 59.0 Å². The topological polar surface area (TPSA) is 56.1 Å². The molecule has 4 aromatic rings. The van der Waals surface area contributed by atoms with Gasteiger partial charge in [0.25, 0.3) is 0 Å². The summed E-state index contributed by atoms with van der Waals surface area (Å²) in [5.74, 6) is 1.77. The second-order valence-corrected chi connectivity index (χ2v) is 9.69. The summed E-state index contributed by atoms with van der Waals surface area (Å²) in [4.78, 5) is 17.5. The predicted octanol–water partition coefficient (Wildman–Crippen LogP) is 6.98. The van der Waals surface area contributed by atoms with Crippen molar-refractivity contribution in [1.29, 1.82) is 0 Å². The number of nitrogens with one attached hydrogen (secondary N) is 1. The van der Waals surface area contributed by atoms with Gasteiger partial charge in [0.1, 0.15) is 11.6 Å². The lowest BCUT2D eigenvalue weighted by Crippen LogP contribution is -2.29. The summed E-state index contributed by atoms with van der Waals surface area (Å²) in [5, 5.41) is 3.94. The molecule has 0 saturated carbocycles. The number of carbonyl (C=O) groups is 1. The molecule has 1 atom stereocenters. The number of aromatic nitrogens is 2. The lowest BCUT2D eigenvalue weighted by Gasteiger charge is -2.17.